The van der Waals surface area contributed by atoms with Crippen LogP contribution in [0, 0.1) is 0 Å². The van der Waals surface area contributed by atoms with Crippen molar-refractivity contribution in [3.05, 3.63) is 0 Å². The second-order valence-corrected chi connectivity index (χ2v) is 22.1. The summed E-state index contributed by atoms with van der Waals surface area (Å²) in [5.41, 5.74) is 5.74. The van der Waals surface area contributed by atoms with Crippen LogP contribution in [0.5, 0.6) is 0 Å². The first-order valence-corrected chi connectivity index (χ1v) is 17.5. The minimum absolute atomic E-state index is 0.0921. The second kappa shape index (κ2) is 8.55. The summed E-state index contributed by atoms with van der Waals surface area (Å²) < 4.78 is 19.2. The Morgan fingerprint density at radius 3 is 1.55 bits per heavy atom. The highest BCUT2D eigenvalue weighted by Gasteiger charge is 2.56. The molecule has 7 heteroatoms. The Kier molecular flexibility index (Phi) is 8.74. The lowest BCUT2D eigenvalue weighted by Gasteiger charge is -2.52. The molecule has 0 atom stereocenters. The summed E-state index contributed by atoms with van der Waals surface area (Å²) in [5, 5.41) is 0. The third kappa shape index (κ3) is 5.54. The van der Waals surface area contributed by atoms with E-state index in [4.69, 9.17) is 19.0 Å². The van der Waals surface area contributed by atoms with Gasteiger partial charge in [-0.2, -0.15) is 0 Å². The number of hydrogen-bond donors (Lipinski definition) is 1. The molecule has 134 valence electrons. The van der Waals surface area contributed by atoms with E-state index in [1.54, 1.807) is 0 Å². The van der Waals surface area contributed by atoms with Gasteiger partial charge in [0.25, 0.3) is 0 Å². The highest BCUT2D eigenvalue weighted by atomic mass is 28.4. The van der Waals surface area contributed by atoms with Gasteiger partial charge < -0.3 is 19.0 Å². The maximum Gasteiger partial charge on any atom is 0.500 e. The van der Waals surface area contributed by atoms with Crippen molar-refractivity contribution >= 4 is 25.0 Å². The van der Waals surface area contributed by atoms with Crippen molar-refractivity contribution in [2.24, 2.45) is 5.73 Å². The summed E-state index contributed by atoms with van der Waals surface area (Å²) in [6.07, 6.45) is 0.889. The molecule has 0 fully saturated rings. The molecule has 0 spiro atoms. The predicted octanol–water partition coefficient (Wildman–Crippen LogP) is 3.88. The van der Waals surface area contributed by atoms with Gasteiger partial charge in [0.15, 0.2) is 0 Å². The summed E-state index contributed by atoms with van der Waals surface area (Å²) in [7, 11) is -5.82. The van der Waals surface area contributed by atoms with Gasteiger partial charge in [-0.15, -0.1) is 0 Å². The molecule has 0 bridgehead atoms. The van der Waals surface area contributed by atoms with Crippen LogP contribution in [0.2, 0.25) is 45.3 Å². The van der Waals surface area contributed by atoms with Gasteiger partial charge in [-0.3, -0.25) is 0 Å². The lowest BCUT2D eigenvalue weighted by atomic mass is 10.5. The zero-order valence-electron chi connectivity index (χ0n) is 16.3. The van der Waals surface area contributed by atoms with Crippen LogP contribution in [0.4, 0.5) is 0 Å². The van der Waals surface area contributed by atoms with Gasteiger partial charge in [-0.1, -0.05) is 39.3 Å². The Hall–Kier alpha value is 0.491. The molecular weight excluding hydrogens is 326 g/mol. The Morgan fingerprint density at radius 2 is 1.27 bits per heavy atom. The maximum absolute atomic E-state index is 6.90. The smallest absolute Gasteiger partial charge is 0.374 e. The van der Waals surface area contributed by atoms with Gasteiger partial charge in [0.2, 0.25) is 0 Å². The number of hydrogen-bond acceptors (Lipinski definition) is 4. The molecule has 4 nitrogen and oxygen atoms in total. The fourth-order valence-electron chi connectivity index (χ4n) is 2.80. The van der Waals surface area contributed by atoms with Crippen LogP contribution in [0.1, 0.15) is 27.2 Å². The fraction of sp³-hybridized carbons (Fsp3) is 1.00. The van der Waals surface area contributed by atoms with E-state index >= 15 is 0 Å². The number of nitrogens with two attached hydrogens (primary N) is 1. The second-order valence-electron chi connectivity index (χ2n) is 8.08. The third-order valence-electron chi connectivity index (χ3n) is 4.64. The summed E-state index contributed by atoms with van der Waals surface area (Å²) >= 11 is 0. The molecule has 0 aromatic heterocycles. The molecule has 0 aliphatic rings. The fourth-order valence-corrected chi connectivity index (χ4v) is 17.9. The van der Waals surface area contributed by atoms with E-state index in [9.17, 15) is 0 Å². The Bertz CT molecular complexity index is 307. The minimum atomic E-state index is -2.68. The molecular formula is C15H39NO3Si3. The average Bonchev–Trinajstić information content (AvgIpc) is 2.34. The van der Waals surface area contributed by atoms with Crippen LogP contribution in [-0.4, -0.2) is 49.6 Å². The highest BCUT2D eigenvalue weighted by molar-refractivity contribution is 6.99. The normalized spacial score (nSPS) is 14.5. The molecule has 0 amide bonds. The zero-order valence-corrected chi connectivity index (χ0v) is 19.3. The van der Waals surface area contributed by atoms with Gasteiger partial charge >= 0.3 is 8.80 Å². The SMILES string of the molecule is CCO[Si](CCCN)(OCC)OC(C)([Si](C)(C)C)[Si](C)(C)C. The molecule has 2 N–H and O–H groups in total. The largest absolute Gasteiger partial charge is 0.500 e. The van der Waals surface area contributed by atoms with Gasteiger partial charge in [0.05, 0.1) is 16.1 Å². The van der Waals surface area contributed by atoms with Crippen LogP contribution >= 0.6 is 0 Å². The van der Waals surface area contributed by atoms with Crippen LogP contribution in [0.3, 0.4) is 0 Å². The third-order valence-corrected chi connectivity index (χ3v) is 18.6. The summed E-state index contributed by atoms with van der Waals surface area (Å²) in [4.78, 5) is -0.0921. The van der Waals surface area contributed by atoms with E-state index in [2.05, 4.69) is 46.2 Å². The molecule has 0 aliphatic heterocycles. The van der Waals surface area contributed by atoms with E-state index in [0.717, 1.165) is 12.5 Å². The van der Waals surface area contributed by atoms with Crippen LogP contribution in [-0.2, 0) is 13.3 Å². The standard InChI is InChI=1S/C15H39NO3Si3/c1-10-17-22(18-11-2,14-12-13-16)19-15(3,20(4,5)6)21(7,8)9/h10-14,16H2,1-9H3. The molecule has 22 heavy (non-hydrogen) atoms. The monoisotopic (exact) mass is 365 g/mol. The Balaban J connectivity index is 5.71. The van der Waals surface area contributed by atoms with Crippen molar-refractivity contribution in [1.29, 1.82) is 0 Å². The van der Waals surface area contributed by atoms with E-state index in [0.29, 0.717) is 19.8 Å². The first kappa shape index (κ1) is 22.5. The minimum Gasteiger partial charge on any atom is -0.374 e. The van der Waals surface area contributed by atoms with Crippen LogP contribution in [0.15, 0.2) is 0 Å². The first-order chi connectivity index (χ1) is 9.89. The Morgan fingerprint density at radius 1 is 0.864 bits per heavy atom. The maximum atomic E-state index is 6.90. The number of rotatable bonds is 11. The molecule has 0 aromatic rings. The summed E-state index contributed by atoms with van der Waals surface area (Å²) in [5.74, 6) is 0. The van der Waals surface area contributed by atoms with Crippen molar-refractivity contribution in [2.45, 2.75) is 77.4 Å². The van der Waals surface area contributed by atoms with Gasteiger partial charge in [-0.05, 0) is 33.7 Å². The van der Waals surface area contributed by atoms with E-state index < -0.39 is 25.0 Å². The zero-order chi connectivity index (χ0) is 17.7. The molecule has 0 radical (unpaired) electrons. The summed E-state index contributed by atoms with van der Waals surface area (Å²) in [6.45, 7) is 22.6. The van der Waals surface area contributed by atoms with E-state index in [1.807, 2.05) is 13.8 Å². The highest BCUT2D eigenvalue weighted by Crippen LogP contribution is 2.38. The molecule has 0 saturated heterocycles. The molecule has 0 unspecified atom stereocenters. The molecule has 0 saturated carbocycles. The Labute approximate surface area is 141 Å². The first-order valence-electron chi connectivity index (χ1n) is 8.57. The van der Waals surface area contributed by atoms with Crippen molar-refractivity contribution in [2.75, 3.05) is 19.8 Å². The molecule has 0 aliphatic carbocycles. The quantitative estimate of drug-likeness (QED) is 0.565. The molecule has 0 heterocycles. The van der Waals surface area contributed by atoms with Gasteiger partial charge in [0, 0.05) is 24.1 Å². The van der Waals surface area contributed by atoms with Crippen LogP contribution < -0.4 is 5.73 Å². The lowest BCUT2D eigenvalue weighted by molar-refractivity contribution is 0.0412. The van der Waals surface area contributed by atoms with Crippen LogP contribution in [0.25, 0.3) is 0 Å². The molecule has 0 rings (SSSR count). The predicted molar refractivity (Wildman–Crippen MR) is 104 cm³/mol. The average molecular weight is 366 g/mol. The van der Waals surface area contributed by atoms with Crippen molar-refractivity contribution in [1.82, 2.24) is 0 Å². The summed E-state index contributed by atoms with van der Waals surface area (Å²) in [6, 6.07) is 0.815. The van der Waals surface area contributed by atoms with Gasteiger partial charge in [-0.25, -0.2) is 0 Å². The van der Waals surface area contributed by atoms with Crippen molar-refractivity contribution < 1.29 is 13.3 Å². The van der Waals surface area contributed by atoms with Crippen molar-refractivity contribution in [3.63, 3.8) is 0 Å². The van der Waals surface area contributed by atoms with Crippen molar-refractivity contribution in [3.8, 4) is 0 Å². The van der Waals surface area contributed by atoms with E-state index in [-0.39, 0.29) is 4.85 Å². The molecule has 0 aromatic carbocycles. The van der Waals surface area contributed by atoms with Gasteiger partial charge in [0.1, 0.15) is 0 Å². The topological polar surface area (TPSA) is 53.7 Å². The lowest BCUT2D eigenvalue weighted by Crippen LogP contribution is -2.70. The van der Waals surface area contributed by atoms with E-state index in [1.165, 1.54) is 0 Å².